The second-order valence-electron chi connectivity index (χ2n) is 10.6. The Hall–Kier alpha value is -2.74. The van der Waals surface area contributed by atoms with E-state index in [0.717, 1.165) is 35.4 Å². The van der Waals surface area contributed by atoms with Crippen molar-refractivity contribution in [1.82, 2.24) is 0 Å². The number of nitrogens with zero attached hydrogens (tertiary/aromatic N) is 2. The maximum atomic E-state index is 11.0. The maximum absolute atomic E-state index is 11.0. The van der Waals surface area contributed by atoms with Crippen LogP contribution in [0, 0.1) is 6.92 Å². The minimum absolute atomic E-state index is 0.829. The van der Waals surface area contributed by atoms with Gasteiger partial charge in [0.05, 0.1) is 0 Å². The minimum atomic E-state index is 0.829. The molecule has 0 N–H and O–H groups in total. The van der Waals surface area contributed by atoms with E-state index in [1.54, 1.807) is 0 Å². The zero-order chi connectivity index (χ0) is 26.1. The number of rotatable bonds is 18. The van der Waals surface area contributed by atoms with Crippen LogP contribution in [0.5, 0.6) is 0 Å². The summed E-state index contributed by atoms with van der Waals surface area (Å²) in [6, 6.07) is 16.7. The highest BCUT2D eigenvalue weighted by atomic mass is 15.2. The summed E-state index contributed by atoms with van der Waals surface area (Å²) >= 11 is 0. The number of hydrogen-bond donors (Lipinski definition) is 0. The predicted octanol–water partition coefficient (Wildman–Crippen LogP) is 11.0. The third kappa shape index (κ3) is 9.91. The third-order valence-corrected chi connectivity index (χ3v) is 7.43. The van der Waals surface area contributed by atoms with Gasteiger partial charge in [-0.15, -0.1) is 0 Å². The van der Waals surface area contributed by atoms with E-state index < -0.39 is 0 Å². The molecule has 0 spiro atoms. The standard InChI is InChI=1S/C35H48N2/c1-3-4-5-6-7-8-9-10-11-12-13-14-15-16-17-18-23-31-24-19-20-26-33(31)35-28-27-34(37(35)36)32-25-21-22-30(2)29-32/h16-17,19-22,24-29H,3-15,18,23H2,1-2H3. The lowest BCUT2D eigenvalue weighted by Crippen LogP contribution is -2.04. The summed E-state index contributed by atoms with van der Waals surface area (Å²) in [6.45, 7) is 4.37. The van der Waals surface area contributed by atoms with E-state index in [-0.39, 0.29) is 0 Å². The molecule has 0 saturated heterocycles. The minimum Gasteiger partial charge on any atom is -0.493 e. The van der Waals surface area contributed by atoms with Crippen LogP contribution >= 0.6 is 0 Å². The fraction of sp³-hybridized carbons (Fsp3) is 0.486. The van der Waals surface area contributed by atoms with Crippen LogP contribution in [0.3, 0.4) is 0 Å². The molecule has 2 heteroatoms. The largest absolute Gasteiger partial charge is 0.493 e. The normalized spacial score (nSPS) is 13.4. The molecule has 0 bridgehead atoms. The van der Waals surface area contributed by atoms with E-state index in [1.807, 2.05) is 24.3 Å². The molecule has 0 atom stereocenters. The summed E-state index contributed by atoms with van der Waals surface area (Å²) in [6.07, 6.45) is 28.8. The van der Waals surface area contributed by atoms with Crippen LogP contribution in [0.25, 0.3) is 16.9 Å². The fourth-order valence-corrected chi connectivity index (χ4v) is 5.22. The number of unbranched alkanes of at least 4 members (excludes halogenated alkanes) is 12. The third-order valence-electron chi connectivity index (χ3n) is 7.43. The van der Waals surface area contributed by atoms with E-state index in [1.165, 1.54) is 99.3 Å². The van der Waals surface area contributed by atoms with E-state index in [2.05, 4.69) is 62.4 Å². The molecule has 2 aromatic rings. The van der Waals surface area contributed by atoms with Gasteiger partial charge in [0.15, 0.2) is 0 Å². The molecule has 2 nitrogen and oxygen atoms in total. The van der Waals surface area contributed by atoms with Gasteiger partial charge >= 0.3 is 0 Å². The molecule has 198 valence electrons. The van der Waals surface area contributed by atoms with Crippen LogP contribution in [0.1, 0.15) is 119 Å². The van der Waals surface area contributed by atoms with Gasteiger partial charge < -0.3 is 5.53 Å². The van der Waals surface area contributed by atoms with Crippen LogP contribution in [0.15, 0.2) is 72.8 Å². The van der Waals surface area contributed by atoms with Crippen LogP contribution in [-0.4, -0.2) is 4.70 Å². The van der Waals surface area contributed by atoms with E-state index in [9.17, 15) is 5.53 Å². The number of allylic oxidation sites excluding steroid dienone is 4. The van der Waals surface area contributed by atoms with Crippen LogP contribution in [-0.2, 0) is 6.42 Å². The van der Waals surface area contributed by atoms with Crippen LogP contribution in [0.2, 0.25) is 0 Å². The zero-order valence-electron chi connectivity index (χ0n) is 23.4. The summed E-state index contributed by atoms with van der Waals surface area (Å²) in [4.78, 5) is 0. The second kappa shape index (κ2) is 16.9. The van der Waals surface area contributed by atoms with Crippen molar-refractivity contribution in [1.29, 1.82) is 0 Å². The molecule has 3 rings (SSSR count). The van der Waals surface area contributed by atoms with E-state index in [0.29, 0.717) is 0 Å². The number of benzene rings is 2. The molecule has 1 aliphatic rings. The van der Waals surface area contributed by atoms with E-state index in [4.69, 9.17) is 0 Å². The Kier molecular flexibility index (Phi) is 13.2. The van der Waals surface area contributed by atoms with Gasteiger partial charge in [-0.25, -0.2) is 4.70 Å². The number of aryl methyl sites for hydroxylation is 2. The molecule has 0 radical (unpaired) electrons. The first kappa shape index (κ1) is 28.8. The first-order valence-corrected chi connectivity index (χ1v) is 14.9. The predicted molar refractivity (Wildman–Crippen MR) is 160 cm³/mol. The summed E-state index contributed by atoms with van der Waals surface area (Å²) in [5, 5.41) is 0. The zero-order valence-corrected chi connectivity index (χ0v) is 23.4. The summed E-state index contributed by atoms with van der Waals surface area (Å²) < 4.78 is 1.34. The lowest BCUT2D eigenvalue weighted by atomic mass is 10.00. The molecule has 2 aromatic carbocycles. The van der Waals surface area contributed by atoms with Gasteiger partial charge in [0.1, 0.15) is 0 Å². The summed E-state index contributed by atoms with van der Waals surface area (Å²) in [5.74, 6) is 0. The molecular formula is C35H48N2. The molecule has 37 heavy (non-hydrogen) atoms. The van der Waals surface area contributed by atoms with Crippen molar-refractivity contribution in [3.05, 3.63) is 101 Å². The molecule has 0 aromatic heterocycles. The van der Waals surface area contributed by atoms with Crippen LogP contribution in [0.4, 0.5) is 0 Å². The first-order chi connectivity index (χ1) is 18.2. The Bertz CT molecular complexity index is 1060. The SMILES string of the molecule is CCCCCCCCCCCCCCC=CCCc1ccccc1C1=CC=C(c2cccc(C)c2)[N+]1=[N-]. The van der Waals surface area contributed by atoms with Gasteiger partial charge in [0, 0.05) is 23.3 Å². The van der Waals surface area contributed by atoms with Crippen molar-refractivity contribution in [2.75, 3.05) is 0 Å². The smallest absolute Gasteiger partial charge is 0.207 e. The molecular weight excluding hydrogens is 448 g/mol. The number of hydrogen-bond acceptors (Lipinski definition) is 0. The maximum Gasteiger partial charge on any atom is 0.207 e. The fourth-order valence-electron chi connectivity index (χ4n) is 5.22. The monoisotopic (exact) mass is 496 g/mol. The Morgan fingerprint density at radius 3 is 2.00 bits per heavy atom. The Labute approximate surface area is 226 Å². The molecule has 0 fully saturated rings. The second-order valence-corrected chi connectivity index (χ2v) is 10.6. The highest BCUT2D eigenvalue weighted by Gasteiger charge is 2.24. The Morgan fingerprint density at radius 1 is 0.676 bits per heavy atom. The summed E-state index contributed by atoms with van der Waals surface area (Å²) in [5.41, 5.74) is 17.3. The van der Waals surface area contributed by atoms with Crippen molar-refractivity contribution >= 4 is 11.4 Å². The van der Waals surface area contributed by atoms with Crippen molar-refractivity contribution in [2.24, 2.45) is 0 Å². The molecule has 0 unspecified atom stereocenters. The van der Waals surface area contributed by atoms with Gasteiger partial charge in [-0.1, -0.05) is 126 Å². The van der Waals surface area contributed by atoms with Gasteiger partial charge in [-0.05, 0) is 56.4 Å². The van der Waals surface area contributed by atoms with Gasteiger partial charge in [-0.3, -0.25) is 0 Å². The lowest BCUT2D eigenvalue weighted by Gasteiger charge is -2.12. The van der Waals surface area contributed by atoms with Gasteiger partial charge in [0.25, 0.3) is 0 Å². The van der Waals surface area contributed by atoms with Crippen molar-refractivity contribution < 1.29 is 4.70 Å². The lowest BCUT2D eigenvalue weighted by molar-refractivity contribution is -0.344. The topological polar surface area (TPSA) is 25.3 Å². The van der Waals surface area contributed by atoms with Crippen molar-refractivity contribution in [3.8, 4) is 0 Å². The van der Waals surface area contributed by atoms with Crippen LogP contribution < -0.4 is 0 Å². The first-order valence-electron chi connectivity index (χ1n) is 14.9. The van der Waals surface area contributed by atoms with Crippen molar-refractivity contribution in [3.63, 3.8) is 0 Å². The Morgan fingerprint density at radius 2 is 1.30 bits per heavy atom. The molecule has 0 aliphatic carbocycles. The van der Waals surface area contributed by atoms with E-state index >= 15 is 0 Å². The highest BCUT2D eigenvalue weighted by Crippen LogP contribution is 2.32. The van der Waals surface area contributed by atoms with Crippen molar-refractivity contribution in [2.45, 2.75) is 110 Å². The Balaban J connectivity index is 1.31. The molecule has 0 saturated carbocycles. The molecule has 1 aliphatic heterocycles. The highest BCUT2D eigenvalue weighted by molar-refractivity contribution is 5.76. The summed E-state index contributed by atoms with van der Waals surface area (Å²) in [7, 11) is 0. The average molecular weight is 497 g/mol. The average Bonchev–Trinajstić information content (AvgIpc) is 3.29. The molecule has 0 amide bonds. The quantitative estimate of drug-likeness (QED) is 0.111. The molecule has 1 heterocycles. The van der Waals surface area contributed by atoms with Gasteiger partial charge in [-0.2, -0.15) is 0 Å². The van der Waals surface area contributed by atoms with Gasteiger partial charge in [0.2, 0.25) is 11.4 Å².